The largest absolute Gasteiger partial charge is 0.328 e. The van der Waals surface area contributed by atoms with Crippen molar-refractivity contribution < 1.29 is 0 Å². The van der Waals surface area contributed by atoms with Crippen molar-refractivity contribution in [3.8, 4) is 0 Å². The molecule has 0 aliphatic heterocycles. The Kier molecular flexibility index (Phi) is 2.87. The van der Waals surface area contributed by atoms with Gasteiger partial charge in [0.05, 0.1) is 0 Å². The molecular formula is C13H19N. The molecule has 1 aliphatic rings. The van der Waals surface area contributed by atoms with E-state index in [-0.39, 0.29) is 6.04 Å². The molecule has 0 aromatic heterocycles. The highest BCUT2D eigenvalue weighted by Crippen LogP contribution is 2.24. The molecule has 0 saturated heterocycles. The predicted octanol–water partition coefficient (Wildman–Crippen LogP) is 2.46. The van der Waals surface area contributed by atoms with Crippen LogP contribution in [-0.4, -0.2) is 6.04 Å². The van der Waals surface area contributed by atoms with Crippen molar-refractivity contribution in [2.24, 2.45) is 5.73 Å². The number of hydrogen-bond acceptors (Lipinski definition) is 1. The van der Waals surface area contributed by atoms with Crippen LogP contribution in [0, 0.1) is 0 Å². The van der Waals surface area contributed by atoms with Crippen molar-refractivity contribution in [2.45, 2.75) is 45.1 Å². The fourth-order valence-corrected chi connectivity index (χ4v) is 2.40. The molecule has 1 aromatic carbocycles. The molecule has 0 heterocycles. The third-order valence-electron chi connectivity index (χ3n) is 3.03. The molecule has 0 radical (unpaired) electrons. The molecule has 1 nitrogen and oxygen atoms in total. The van der Waals surface area contributed by atoms with Crippen molar-refractivity contribution in [3.63, 3.8) is 0 Å². The number of aryl methyl sites for hydroxylation is 1. The maximum absolute atomic E-state index is 5.86. The van der Waals surface area contributed by atoms with E-state index in [1.165, 1.54) is 31.2 Å². The van der Waals surface area contributed by atoms with E-state index in [1.807, 2.05) is 0 Å². The van der Waals surface area contributed by atoms with Gasteiger partial charge in [0, 0.05) is 6.04 Å². The van der Waals surface area contributed by atoms with Crippen LogP contribution in [0.15, 0.2) is 18.2 Å². The second-order valence-electron chi connectivity index (χ2n) is 4.44. The summed E-state index contributed by atoms with van der Waals surface area (Å²) in [5.41, 5.74) is 10.5. The highest BCUT2D eigenvalue weighted by atomic mass is 14.6. The van der Waals surface area contributed by atoms with Crippen molar-refractivity contribution in [1.82, 2.24) is 0 Å². The monoisotopic (exact) mass is 189 g/mol. The van der Waals surface area contributed by atoms with Crippen LogP contribution in [0.5, 0.6) is 0 Å². The molecule has 1 heteroatoms. The molecule has 0 amide bonds. The first kappa shape index (κ1) is 9.72. The molecule has 0 bridgehead atoms. The minimum atomic E-state index is 0.281. The molecule has 2 N–H and O–H groups in total. The molecular weight excluding hydrogens is 170 g/mol. The van der Waals surface area contributed by atoms with E-state index in [1.54, 1.807) is 11.1 Å². The molecule has 0 saturated carbocycles. The van der Waals surface area contributed by atoms with Gasteiger partial charge >= 0.3 is 0 Å². The van der Waals surface area contributed by atoms with Crippen LogP contribution in [-0.2, 0) is 19.3 Å². The molecule has 1 aromatic rings. The summed E-state index contributed by atoms with van der Waals surface area (Å²) in [6.07, 6.45) is 6.27. The normalized spacial score (nSPS) is 17.6. The van der Waals surface area contributed by atoms with Gasteiger partial charge in [0.1, 0.15) is 0 Å². The van der Waals surface area contributed by atoms with E-state index in [0.717, 1.165) is 6.42 Å². The Bertz CT molecular complexity index is 315. The molecule has 1 aliphatic carbocycles. The summed E-state index contributed by atoms with van der Waals surface area (Å²) in [4.78, 5) is 0. The lowest BCUT2D eigenvalue weighted by Crippen LogP contribution is -2.19. The van der Waals surface area contributed by atoms with E-state index in [2.05, 4.69) is 25.1 Å². The zero-order valence-electron chi connectivity index (χ0n) is 8.92. The van der Waals surface area contributed by atoms with Gasteiger partial charge in [-0.2, -0.15) is 0 Å². The summed E-state index contributed by atoms with van der Waals surface area (Å²) in [6.45, 7) is 2.09. The minimum absolute atomic E-state index is 0.281. The van der Waals surface area contributed by atoms with Gasteiger partial charge in [-0.15, -0.1) is 0 Å². The van der Waals surface area contributed by atoms with Gasteiger partial charge in [0.15, 0.2) is 0 Å². The number of fused-ring (bicyclic) bond motifs is 1. The van der Waals surface area contributed by atoms with Gasteiger partial charge in [-0.25, -0.2) is 0 Å². The van der Waals surface area contributed by atoms with Crippen molar-refractivity contribution in [3.05, 3.63) is 34.9 Å². The number of benzene rings is 1. The maximum Gasteiger partial charge on any atom is 0.00510 e. The van der Waals surface area contributed by atoms with Crippen LogP contribution >= 0.6 is 0 Å². The summed E-state index contributed by atoms with van der Waals surface area (Å²) in [6, 6.07) is 6.98. The Morgan fingerprint density at radius 1 is 1.29 bits per heavy atom. The van der Waals surface area contributed by atoms with Gasteiger partial charge in [-0.05, 0) is 55.7 Å². The zero-order valence-corrected chi connectivity index (χ0v) is 8.92. The third kappa shape index (κ3) is 1.98. The molecule has 1 atom stereocenters. The minimum Gasteiger partial charge on any atom is -0.328 e. The lowest BCUT2D eigenvalue weighted by atomic mass is 9.86. The van der Waals surface area contributed by atoms with Crippen LogP contribution in [0.4, 0.5) is 0 Å². The van der Waals surface area contributed by atoms with E-state index in [0.29, 0.717) is 0 Å². The molecule has 0 fully saturated rings. The van der Waals surface area contributed by atoms with Crippen LogP contribution in [0.3, 0.4) is 0 Å². The Balaban J connectivity index is 2.30. The standard InChI is InChI=1S/C13H19N/c1-10(14)9-12-7-4-6-11-5-2-3-8-13(11)12/h4,6-7,10H,2-3,5,8-9,14H2,1H3/t10-/m1/s1. The van der Waals surface area contributed by atoms with Crippen molar-refractivity contribution in [2.75, 3.05) is 0 Å². The summed E-state index contributed by atoms with van der Waals surface area (Å²) in [5.74, 6) is 0. The van der Waals surface area contributed by atoms with E-state index >= 15 is 0 Å². The second-order valence-corrected chi connectivity index (χ2v) is 4.44. The van der Waals surface area contributed by atoms with E-state index < -0.39 is 0 Å². The lowest BCUT2D eigenvalue weighted by molar-refractivity contribution is 0.664. The number of hydrogen-bond donors (Lipinski definition) is 1. The average molecular weight is 189 g/mol. The summed E-state index contributed by atoms with van der Waals surface area (Å²) in [5, 5.41) is 0. The molecule has 2 rings (SSSR count). The summed E-state index contributed by atoms with van der Waals surface area (Å²) < 4.78 is 0. The van der Waals surface area contributed by atoms with Crippen molar-refractivity contribution >= 4 is 0 Å². The Morgan fingerprint density at radius 2 is 2.07 bits per heavy atom. The number of nitrogens with two attached hydrogens (primary N) is 1. The Labute approximate surface area is 86.3 Å². The van der Waals surface area contributed by atoms with Gasteiger partial charge in [0.25, 0.3) is 0 Å². The van der Waals surface area contributed by atoms with Crippen molar-refractivity contribution in [1.29, 1.82) is 0 Å². The van der Waals surface area contributed by atoms with Gasteiger partial charge in [-0.1, -0.05) is 18.2 Å². The van der Waals surface area contributed by atoms with E-state index in [4.69, 9.17) is 5.73 Å². The topological polar surface area (TPSA) is 26.0 Å². The van der Waals surface area contributed by atoms with Crippen LogP contribution in [0.2, 0.25) is 0 Å². The Hall–Kier alpha value is -0.820. The van der Waals surface area contributed by atoms with Gasteiger partial charge in [0.2, 0.25) is 0 Å². The highest BCUT2D eigenvalue weighted by molar-refractivity contribution is 5.37. The summed E-state index contributed by atoms with van der Waals surface area (Å²) >= 11 is 0. The fourth-order valence-electron chi connectivity index (χ4n) is 2.40. The zero-order chi connectivity index (χ0) is 9.97. The van der Waals surface area contributed by atoms with Crippen LogP contribution in [0.25, 0.3) is 0 Å². The first-order chi connectivity index (χ1) is 6.77. The van der Waals surface area contributed by atoms with Gasteiger partial charge in [-0.3, -0.25) is 0 Å². The molecule has 14 heavy (non-hydrogen) atoms. The number of rotatable bonds is 2. The van der Waals surface area contributed by atoms with E-state index in [9.17, 15) is 0 Å². The average Bonchev–Trinajstić information content (AvgIpc) is 2.18. The lowest BCUT2D eigenvalue weighted by Gasteiger charge is -2.20. The third-order valence-corrected chi connectivity index (χ3v) is 3.03. The van der Waals surface area contributed by atoms with Crippen LogP contribution < -0.4 is 5.73 Å². The smallest absolute Gasteiger partial charge is 0.00510 e. The fraction of sp³-hybridized carbons (Fsp3) is 0.538. The molecule has 0 unspecified atom stereocenters. The highest BCUT2D eigenvalue weighted by Gasteiger charge is 2.12. The first-order valence-corrected chi connectivity index (χ1v) is 5.62. The maximum atomic E-state index is 5.86. The van der Waals surface area contributed by atoms with Gasteiger partial charge < -0.3 is 5.73 Å². The predicted molar refractivity (Wildman–Crippen MR) is 60.4 cm³/mol. The SMILES string of the molecule is C[C@@H](N)Cc1cccc2c1CCCC2. The summed E-state index contributed by atoms with van der Waals surface area (Å²) in [7, 11) is 0. The quantitative estimate of drug-likeness (QED) is 0.760. The molecule has 76 valence electrons. The van der Waals surface area contributed by atoms with Crippen LogP contribution in [0.1, 0.15) is 36.5 Å². The second kappa shape index (κ2) is 4.14. The first-order valence-electron chi connectivity index (χ1n) is 5.62. The Morgan fingerprint density at radius 3 is 2.86 bits per heavy atom. The molecule has 0 spiro atoms.